The molecule has 0 unspecified atom stereocenters. The minimum Gasteiger partial charge on any atom is -0.483 e. The van der Waals surface area contributed by atoms with Gasteiger partial charge in [-0.2, -0.15) is 8.78 Å². The van der Waals surface area contributed by atoms with Crippen LogP contribution in [0.5, 0.6) is 11.5 Å². The van der Waals surface area contributed by atoms with Crippen molar-refractivity contribution in [2.45, 2.75) is 63.4 Å². The molecule has 1 fully saturated rings. The summed E-state index contributed by atoms with van der Waals surface area (Å²) in [5.74, 6) is -4.06. The van der Waals surface area contributed by atoms with Crippen LogP contribution in [0.2, 0.25) is 0 Å². The SMILES string of the molecule is CCCc1ccc(C2CCC(c3ccc(OCC(F)(F)Oc4ccc(F)c(F)c4)cc3)CC2)c(F)c1F. The van der Waals surface area contributed by atoms with Crippen molar-refractivity contribution in [2.24, 2.45) is 0 Å². The molecule has 0 amide bonds. The lowest BCUT2D eigenvalue weighted by Gasteiger charge is -2.29. The van der Waals surface area contributed by atoms with Crippen LogP contribution in [-0.2, 0) is 6.42 Å². The van der Waals surface area contributed by atoms with Crippen molar-refractivity contribution >= 4 is 0 Å². The Morgan fingerprint density at radius 3 is 2.05 bits per heavy atom. The third kappa shape index (κ3) is 6.59. The van der Waals surface area contributed by atoms with Gasteiger partial charge in [0.25, 0.3) is 0 Å². The normalized spacial score (nSPS) is 18.0. The summed E-state index contributed by atoms with van der Waals surface area (Å²) in [5.41, 5.74) is 1.86. The molecule has 0 aromatic heterocycles. The molecule has 37 heavy (non-hydrogen) atoms. The predicted molar refractivity (Wildman–Crippen MR) is 128 cm³/mol. The second-order valence-corrected chi connectivity index (χ2v) is 9.41. The van der Waals surface area contributed by atoms with Gasteiger partial charge in [-0.1, -0.05) is 37.6 Å². The van der Waals surface area contributed by atoms with Crippen molar-refractivity contribution in [1.29, 1.82) is 0 Å². The molecule has 4 rings (SSSR count). The molecule has 0 heterocycles. The summed E-state index contributed by atoms with van der Waals surface area (Å²) in [6, 6.07) is 12.3. The molecular weight excluding hydrogens is 494 g/mol. The van der Waals surface area contributed by atoms with Gasteiger partial charge in [0.15, 0.2) is 29.9 Å². The van der Waals surface area contributed by atoms with E-state index in [2.05, 4.69) is 4.74 Å². The first-order chi connectivity index (χ1) is 17.7. The second-order valence-electron chi connectivity index (χ2n) is 9.41. The molecule has 8 heteroatoms. The zero-order chi connectivity index (χ0) is 26.6. The standard InChI is InChI=1S/C29H28F6O2/c1-2-3-21-10-14-24(28(33)27(21)32)20-6-4-18(5-7-20)19-8-11-22(12-9-19)36-17-29(34,35)37-23-13-15-25(30)26(31)16-23/h8-16,18,20H,2-7,17H2,1H3. The Morgan fingerprint density at radius 2 is 1.41 bits per heavy atom. The Balaban J connectivity index is 1.30. The molecule has 0 spiro atoms. The van der Waals surface area contributed by atoms with Crippen LogP contribution in [0.25, 0.3) is 0 Å². The van der Waals surface area contributed by atoms with Crippen LogP contribution < -0.4 is 9.47 Å². The maximum absolute atomic E-state index is 14.7. The predicted octanol–water partition coefficient (Wildman–Crippen LogP) is 8.69. The lowest BCUT2D eigenvalue weighted by molar-refractivity contribution is -0.195. The lowest BCUT2D eigenvalue weighted by Crippen LogP contribution is -2.32. The minimum absolute atomic E-state index is 0.0409. The van der Waals surface area contributed by atoms with Gasteiger partial charge in [-0.15, -0.1) is 0 Å². The van der Waals surface area contributed by atoms with Crippen molar-refractivity contribution in [1.82, 2.24) is 0 Å². The van der Waals surface area contributed by atoms with Gasteiger partial charge in [0.1, 0.15) is 11.5 Å². The summed E-state index contributed by atoms with van der Waals surface area (Å²) in [6.45, 7) is 0.809. The molecule has 0 atom stereocenters. The third-order valence-electron chi connectivity index (χ3n) is 6.80. The van der Waals surface area contributed by atoms with Gasteiger partial charge in [-0.25, -0.2) is 17.6 Å². The van der Waals surface area contributed by atoms with Crippen molar-refractivity contribution in [3.8, 4) is 11.5 Å². The number of ether oxygens (including phenoxy) is 2. The van der Waals surface area contributed by atoms with Crippen molar-refractivity contribution in [3.63, 3.8) is 0 Å². The second kappa shape index (κ2) is 11.5. The van der Waals surface area contributed by atoms with Crippen LogP contribution in [0.4, 0.5) is 26.3 Å². The maximum Gasteiger partial charge on any atom is 0.432 e. The largest absolute Gasteiger partial charge is 0.483 e. The quantitative estimate of drug-likeness (QED) is 0.262. The van der Waals surface area contributed by atoms with E-state index in [-0.39, 0.29) is 17.6 Å². The number of alkyl halides is 2. The first-order valence-corrected chi connectivity index (χ1v) is 12.4. The Labute approximate surface area is 212 Å². The first kappa shape index (κ1) is 26.9. The van der Waals surface area contributed by atoms with E-state index in [1.807, 2.05) is 6.92 Å². The van der Waals surface area contributed by atoms with E-state index in [9.17, 15) is 26.3 Å². The van der Waals surface area contributed by atoms with Crippen LogP contribution in [0.1, 0.15) is 67.6 Å². The average Bonchev–Trinajstić information content (AvgIpc) is 2.88. The smallest absolute Gasteiger partial charge is 0.432 e. The van der Waals surface area contributed by atoms with Gasteiger partial charge in [0, 0.05) is 6.07 Å². The maximum atomic E-state index is 14.7. The zero-order valence-corrected chi connectivity index (χ0v) is 20.4. The summed E-state index contributed by atoms with van der Waals surface area (Å²) in [7, 11) is 0. The van der Waals surface area contributed by atoms with Crippen LogP contribution in [0.3, 0.4) is 0 Å². The van der Waals surface area contributed by atoms with Gasteiger partial charge in [0.2, 0.25) is 0 Å². The molecule has 1 aliphatic carbocycles. The van der Waals surface area contributed by atoms with E-state index >= 15 is 0 Å². The van der Waals surface area contributed by atoms with E-state index < -0.39 is 41.7 Å². The summed E-state index contributed by atoms with van der Waals surface area (Å²) in [6.07, 6.45) is 0.530. The van der Waals surface area contributed by atoms with Crippen molar-refractivity contribution in [3.05, 3.63) is 94.6 Å². The average molecular weight is 523 g/mol. The number of benzene rings is 3. The van der Waals surface area contributed by atoms with Crippen LogP contribution in [0, 0.1) is 23.3 Å². The van der Waals surface area contributed by atoms with Gasteiger partial charge < -0.3 is 9.47 Å². The fourth-order valence-electron chi connectivity index (χ4n) is 4.87. The Hall–Kier alpha value is -3.16. The molecule has 1 aliphatic rings. The monoisotopic (exact) mass is 522 g/mol. The van der Waals surface area contributed by atoms with E-state index in [4.69, 9.17) is 4.74 Å². The van der Waals surface area contributed by atoms with Crippen molar-refractivity contribution < 1.29 is 35.8 Å². The zero-order valence-electron chi connectivity index (χ0n) is 20.4. The molecule has 0 aliphatic heterocycles. The van der Waals surface area contributed by atoms with Crippen LogP contribution in [0.15, 0.2) is 54.6 Å². The number of halogens is 6. The minimum atomic E-state index is -3.76. The van der Waals surface area contributed by atoms with E-state index in [0.29, 0.717) is 29.7 Å². The third-order valence-corrected chi connectivity index (χ3v) is 6.80. The number of aryl methyl sites for hydroxylation is 1. The van der Waals surface area contributed by atoms with Gasteiger partial charge in [-0.3, -0.25) is 0 Å². The number of rotatable bonds is 9. The van der Waals surface area contributed by atoms with Crippen LogP contribution in [-0.4, -0.2) is 12.7 Å². The Kier molecular flexibility index (Phi) is 8.35. The summed E-state index contributed by atoms with van der Waals surface area (Å²) in [5, 5.41) is 0. The molecule has 0 saturated heterocycles. The summed E-state index contributed by atoms with van der Waals surface area (Å²) < 4.78 is 93.0. The highest BCUT2D eigenvalue weighted by atomic mass is 19.3. The molecule has 0 N–H and O–H groups in total. The lowest BCUT2D eigenvalue weighted by atomic mass is 9.76. The van der Waals surface area contributed by atoms with Crippen LogP contribution >= 0.6 is 0 Å². The molecule has 0 bridgehead atoms. The fourth-order valence-corrected chi connectivity index (χ4v) is 4.87. The molecule has 2 nitrogen and oxygen atoms in total. The topological polar surface area (TPSA) is 18.5 Å². The summed E-state index contributed by atoms with van der Waals surface area (Å²) >= 11 is 0. The van der Waals surface area contributed by atoms with E-state index in [0.717, 1.165) is 43.7 Å². The van der Waals surface area contributed by atoms with E-state index in [1.165, 1.54) is 0 Å². The Bertz CT molecular complexity index is 1200. The van der Waals surface area contributed by atoms with Gasteiger partial charge in [0.05, 0.1) is 0 Å². The fraction of sp³-hybridized carbons (Fsp3) is 0.379. The van der Waals surface area contributed by atoms with Gasteiger partial charge in [-0.05, 0) is 84.9 Å². The molecule has 1 saturated carbocycles. The summed E-state index contributed by atoms with van der Waals surface area (Å²) in [4.78, 5) is 0. The Morgan fingerprint density at radius 1 is 0.757 bits per heavy atom. The van der Waals surface area contributed by atoms with Gasteiger partial charge >= 0.3 is 6.11 Å². The molecule has 0 radical (unpaired) electrons. The van der Waals surface area contributed by atoms with E-state index in [1.54, 1.807) is 36.4 Å². The number of hydrogen-bond donors (Lipinski definition) is 0. The highest BCUT2D eigenvalue weighted by Gasteiger charge is 2.33. The number of hydrogen-bond acceptors (Lipinski definition) is 2. The molecule has 3 aromatic carbocycles. The molecule has 198 valence electrons. The highest BCUT2D eigenvalue weighted by Crippen LogP contribution is 2.42. The highest BCUT2D eigenvalue weighted by molar-refractivity contribution is 5.32. The molecular formula is C29H28F6O2. The van der Waals surface area contributed by atoms with Crippen molar-refractivity contribution in [2.75, 3.05) is 6.61 Å². The molecule has 3 aromatic rings. The first-order valence-electron chi connectivity index (χ1n) is 12.4.